The topological polar surface area (TPSA) is 111 Å². The summed E-state index contributed by atoms with van der Waals surface area (Å²) in [5.74, 6) is -2.15. The first kappa shape index (κ1) is 20.1. The van der Waals surface area contributed by atoms with Gasteiger partial charge in [0.2, 0.25) is 5.91 Å². The lowest BCUT2D eigenvalue weighted by Crippen LogP contribution is -2.38. The van der Waals surface area contributed by atoms with Crippen LogP contribution in [0.15, 0.2) is 12.1 Å². The molecule has 2 amide bonds. The largest absolute Gasteiger partial charge is 0.493 e. The third-order valence-electron chi connectivity index (χ3n) is 3.03. The number of carbonyl (C=O) groups is 2. The second-order valence-corrected chi connectivity index (χ2v) is 4.77. The fourth-order valence-electron chi connectivity index (χ4n) is 1.97. The Morgan fingerprint density at radius 1 is 1.36 bits per heavy atom. The van der Waals surface area contributed by atoms with E-state index in [0.717, 1.165) is 18.1 Å². The van der Waals surface area contributed by atoms with Crippen molar-refractivity contribution >= 4 is 17.5 Å². The van der Waals surface area contributed by atoms with Gasteiger partial charge < -0.3 is 19.7 Å². The van der Waals surface area contributed by atoms with Gasteiger partial charge in [0.25, 0.3) is 11.6 Å². The number of ether oxygens (including phenoxy) is 2. The Hall–Kier alpha value is -2.98. The summed E-state index contributed by atoms with van der Waals surface area (Å²) in [7, 11) is 2.41. The summed E-state index contributed by atoms with van der Waals surface area (Å²) in [5, 5.41) is 13.7. The van der Waals surface area contributed by atoms with Crippen LogP contribution in [0.4, 0.5) is 14.5 Å². The second kappa shape index (κ2) is 8.76. The molecule has 0 fully saturated rings. The van der Waals surface area contributed by atoms with Gasteiger partial charge in [-0.1, -0.05) is 0 Å². The number of nitrogens with one attached hydrogen (secondary N) is 1. The number of likely N-dealkylation sites (N-methyl/N-ethyl adjacent to an activating group) is 2. The van der Waals surface area contributed by atoms with E-state index in [1.54, 1.807) is 6.92 Å². The lowest BCUT2D eigenvalue weighted by atomic mass is 10.1. The molecule has 1 rings (SSSR count). The van der Waals surface area contributed by atoms with Crippen LogP contribution in [0.1, 0.15) is 17.3 Å². The summed E-state index contributed by atoms with van der Waals surface area (Å²) in [5.41, 5.74) is -1.17. The van der Waals surface area contributed by atoms with E-state index in [0.29, 0.717) is 12.6 Å². The number of hydrogen-bond acceptors (Lipinski definition) is 6. The van der Waals surface area contributed by atoms with E-state index in [2.05, 4.69) is 10.1 Å². The monoisotopic (exact) mass is 361 g/mol. The number of nitro benzene ring substituents is 1. The van der Waals surface area contributed by atoms with Crippen LogP contribution in [0.5, 0.6) is 11.5 Å². The molecule has 0 heterocycles. The van der Waals surface area contributed by atoms with Crippen LogP contribution >= 0.6 is 0 Å². The number of amides is 2. The molecular formula is C14H17F2N3O6. The summed E-state index contributed by atoms with van der Waals surface area (Å²) in [6.07, 6.45) is 0. The van der Waals surface area contributed by atoms with E-state index in [-0.39, 0.29) is 12.3 Å². The lowest BCUT2D eigenvalue weighted by molar-refractivity contribution is -0.385. The van der Waals surface area contributed by atoms with Gasteiger partial charge in [-0.3, -0.25) is 19.7 Å². The molecule has 1 aromatic rings. The normalized spacial score (nSPS) is 10.3. The van der Waals surface area contributed by atoms with E-state index in [9.17, 15) is 28.5 Å². The smallest absolute Gasteiger partial charge is 0.387 e. The van der Waals surface area contributed by atoms with E-state index in [1.807, 2.05) is 0 Å². The number of hydrogen-bond donors (Lipinski definition) is 1. The zero-order valence-corrected chi connectivity index (χ0v) is 13.7. The maximum atomic E-state index is 12.4. The molecule has 0 radical (unpaired) electrons. The average Bonchev–Trinajstić information content (AvgIpc) is 2.53. The molecule has 0 saturated carbocycles. The van der Waals surface area contributed by atoms with Gasteiger partial charge in [-0.05, 0) is 6.92 Å². The minimum Gasteiger partial charge on any atom is -0.493 e. The SMILES string of the molecule is CCNC(=O)CN(C)C(=O)c1cc(OC)c(OC(F)F)cc1[N+](=O)[O-]. The van der Waals surface area contributed by atoms with Crippen molar-refractivity contribution in [3.8, 4) is 11.5 Å². The molecule has 0 aliphatic heterocycles. The van der Waals surface area contributed by atoms with Crippen molar-refractivity contribution < 1.29 is 32.8 Å². The zero-order valence-electron chi connectivity index (χ0n) is 13.7. The van der Waals surface area contributed by atoms with Gasteiger partial charge in [-0.25, -0.2) is 0 Å². The summed E-state index contributed by atoms with van der Waals surface area (Å²) in [4.78, 5) is 35.2. The molecule has 0 unspecified atom stereocenters. The Labute approximate surface area is 141 Å². The highest BCUT2D eigenvalue weighted by Crippen LogP contribution is 2.36. The molecule has 11 heteroatoms. The molecule has 0 atom stereocenters. The number of methoxy groups -OCH3 is 1. The Morgan fingerprint density at radius 3 is 2.48 bits per heavy atom. The number of rotatable bonds is 8. The van der Waals surface area contributed by atoms with Crippen molar-refractivity contribution in [3.63, 3.8) is 0 Å². The Bertz CT molecular complexity index is 668. The third kappa shape index (κ3) is 5.26. The summed E-state index contributed by atoms with van der Waals surface area (Å²) < 4.78 is 33.8. The predicted octanol–water partition coefficient (Wildman–Crippen LogP) is 1.41. The molecule has 0 aliphatic carbocycles. The number of nitrogens with zero attached hydrogens (tertiary/aromatic N) is 2. The molecule has 1 aromatic carbocycles. The lowest BCUT2D eigenvalue weighted by Gasteiger charge is -2.18. The Kier molecular flexibility index (Phi) is 7.03. The van der Waals surface area contributed by atoms with Gasteiger partial charge in [0.1, 0.15) is 5.56 Å². The van der Waals surface area contributed by atoms with Gasteiger partial charge in [-0.2, -0.15) is 8.78 Å². The first-order chi connectivity index (χ1) is 11.7. The molecule has 1 N–H and O–H groups in total. The van der Waals surface area contributed by atoms with E-state index in [4.69, 9.17) is 4.74 Å². The third-order valence-corrected chi connectivity index (χ3v) is 3.03. The van der Waals surface area contributed by atoms with Crippen LogP contribution in [0.3, 0.4) is 0 Å². The number of benzene rings is 1. The van der Waals surface area contributed by atoms with Gasteiger partial charge in [0.15, 0.2) is 11.5 Å². The van der Waals surface area contributed by atoms with E-state index >= 15 is 0 Å². The molecular weight excluding hydrogens is 344 g/mol. The van der Waals surface area contributed by atoms with Crippen LogP contribution in [-0.4, -0.2) is 55.5 Å². The molecule has 0 aromatic heterocycles. The quantitative estimate of drug-likeness (QED) is 0.554. The molecule has 0 aliphatic rings. The van der Waals surface area contributed by atoms with Crippen molar-refractivity contribution in [3.05, 3.63) is 27.8 Å². The van der Waals surface area contributed by atoms with Gasteiger partial charge >= 0.3 is 6.61 Å². The van der Waals surface area contributed by atoms with Gasteiger partial charge in [0.05, 0.1) is 24.6 Å². The fraction of sp³-hybridized carbons (Fsp3) is 0.429. The summed E-state index contributed by atoms with van der Waals surface area (Å²) in [6, 6.07) is 1.60. The second-order valence-electron chi connectivity index (χ2n) is 4.77. The van der Waals surface area contributed by atoms with Crippen molar-refractivity contribution in [1.29, 1.82) is 0 Å². The highest BCUT2D eigenvalue weighted by molar-refractivity contribution is 6.00. The predicted molar refractivity (Wildman–Crippen MR) is 81.9 cm³/mol. The van der Waals surface area contributed by atoms with Gasteiger partial charge in [0, 0.05) is 19.7 Å². The van der Waals surface area contributed by atoms with Crippen LogP contribution in [0.2, 0.25) is 0 Å². The highest BCUT2D eigenvalue weighted by Gasteiger charge is 2.28. The van der Waals surface area contributed by atoms with Crippen LogP contribution in [0.25, 0.3) is 0 Å². The zero-order chi connectivity index (χ0) is 19.1. The number of halogens is 2. The molecule has 0 saturated heterocycles. The minimum atomic E-state index is -3.23. The van der Waals surface area contributed by atoms with Crippen molar-refractivity contribution in [2.24, 2.45) is 0 Å². The van der Waals surface area contributed by atoms with Crippen molar-refractivity contribution in [1.82, 2.24) is 10.2 Å². The first-order valence-electron chi connectivity index (χ1n) is 7.04. The number of alkyl halides is 2. The Balaban J connectivity index is 3.26. The van der Waals surface area contributed by atoms with Gasteiger partial charge in [-0.15, -0.1) is 0 Å². The molecule has 0 bridgehead atoms. The number of carbonyl (C=O) groups excluding carboxylic acids is 2. The maximum Gasteiger partial charge on any atom is 0.387 e. The van der Waals surface area contributed by atoms with Crippen LogP contribution in [-0.2, 0) is 4.79 Å². The molecule has 0 spiro atoms. The average molecular weight is 361 g/mol. The molecule has 138 valence electrons. The van der Waals surface area contributed by atoms with E-state index in [1.165, 1.54) is 7.05 Å². The maximum absolute atomic E-state index is 12.4. The molecule has 25 heavy (non-hydrogen) atoms. The van der Waals surface area contributed by atoms with E-state index < -0.39 is 40.3 Å². The van der Waals surface area contributed by atoms with Crippen molar-refractivity contribution in [2.45, 2.75) is 13.5 Å². The summed E-state index contributed by atoms with van der Waals surface area (Å²) in [6.45, 7) is -1.51. The number of nitro groups is 1. The van der Waals surface area contributed by atoms with Crippen LogP contribution < -0.4 is 14.8 Å². The van der Waals surface area contributed by atoms with Crippen LogP contribution in [0, 0.1) is 10.1 Å². The Morgan fingerprint density at radius 2 is 2.00 bits per heavy atom. The molecule has 9 nitrogen and oxygen atoms in total. The fourth-order valence-corrected chi connectivity index (χ4v) is 1.97. The van der Waals surface area contributed by atoms with Crippen molar-refractivity contribution in [2.75, 3.05) is 27.2 Å². The summed E-state index contributed by atoms with van der Waals surface area (Å²) >= 11 is 0. The first-order valence-corrected chi connectivity index (χ1v) is 7.04. The highest BCUT2D eigenvalue weighted by atomic mass is 19.3. The minimum absolute atomic E-state index is 0.277. The standard InChI is InChI=1S/C14H17F2N3O6/c1-4-17-12(20)7-18(2)13(21)8-5-10(24-3)11(25-14(15)16)6-9(8)19(22)23/h5-6,14H,4,7H2,1-3H3,(H,17,20).